The second-order valence-corrected chi connectivity index (χ2v) is 6.74. The lowest BCUT2D eigenvalue weighted by Crippen LogP contribution is -2.38. The van der Waals surface area contributed by atoms with Crippen molar-refractivity contribution in [2.24, 2.45) is 0 Å². The molecule has 0 saturated heterocycles. The summed E-state index contributed by atoms with van der Waals surface area (Å²) in [4.78, 5) is 24.3. The molecule has 0 heterocycles. The van der Waals surface area contributed by atoms with E-state index in [1.165, 1.54) is 0 Å². The van der Waals surface area contributed by atoms with Gasteiger partial charge < -0.3 is 10.6 Å². The van der Waals surface area contributed by atoms with Gasteiger partial charge in [-0.3, -0.25) is 9.59 Å². The predicted molar refractivity (Wildman–Crippen MR) is 101 cm³/mol. The number of rotatable bonds is 6. The summed E-state index contributed by atoms with van der Waals surface area (Å²) in [6.45, 7) is 3.64. The summed E-state index contributed by atoms with van der Waals surface area (Å²) in [5.41, 5.74) is 1.36. The third-order valence-corrected chi connectivity index (χ3v) is 4.27. The molecule has 0 bridgehead atoms. The van der Waals surface area contributed by atoms with Crippen LogP contribution in [0.1, 0.15) is 42.2 Å². The van der Waals surface area contributed by atoms with Crippen LogP contribution in [0.5, 0.6) is 0 Å². The standard InChI is InChI=1S/C19H20Cl2N2O2/c1-12(22-19(25)14-6-4-3-5-7-14)10-18(24)23-13(2)16-9-8-15(20)11-17(16)21/h3-9,11-13H,10H2,1-2H3,(H,22,25)(H,23,24). The fraction of sp³-hybridized carbons (Fsp3) is 0.263. The van der Waals surface area contributed by atoms with Crippen molar-refractivity contribution >= 4 is 35.0 Å². The highest BCUT2D eigenvalue weighted by molar-refractivity contribution is 6.35. The van der Waals surface area contributed by atoms with Gasteiger partial charge in [0.05, 0.1) is 6.04 Å². The molecule has 4 nitrogen and oxygen atoms in total. The van der Waals surface area contributed by atoms with Gasteiger partial charge in [0.15, 0.2) is 0 Å². The average Bonchev–Trinajstić information content (AvgIpc) is 2.55. The number of halogens is 2. The minimum absolute atomic E-state index is 0.167. The van der Waals surface area contributed by atoms with E-state index in [0.29, 0.717) is 15.6 Å². The van der Waals surface area contributed by atoms with Gasteiger partial charge in [0, 0.05) is 28.1 Å². The van der Waals surface area contributed by atoms with E-state index in [1.807, 2.05) is 13.0 Å². The number of hydrogen-bond acceptors (Lipinski definition) is 2. The lowest BCUT2D eigenvalue weighted by molar-refractivity contribution is -0.122. The molecule has 2 rings (SSSR count). The zero-order valence-corrected chi connectivity index (χ0v) is 15.6. The molecule has 0 saturated carbocycles. The highest BCUT2D eigenvalue weighted by atomic mass is 35.5. The molecule has 2 N–H and O–H groups in total. The first kappa shape index (κ1) is 19.3. The summed E-state index contributed by atoms with van der Waals surface area (Å²) < 4.78 is 0. The molecule has 0 aromatic heterocycles. The lowest BCUT2D eigenvalue weighted by atomic mass is 10.1. The maximum atomic E-state index is 12.2. The van der Waals surface area contributed by atoms with Crippen LogP contribution in [0.3, 0.4) is 0 Å². The van der Waals surface area contributed by atoms with Crippen molar-refractivity contribution in [1.29, 1.82) is 0 Å². The zero-order valence-electron chi connectivity index (χ0n) is 14.1. The Labute approximate surface area is 157 Å². The maximum absolute atomic E-state index is 12.2. The number of carbonyl (C=O) groups is 2. The Bertz CT molecular complexity index is 750. The van der Waals surface area contributed by atoms with Gasteiger partial charge in [-0.2, -0.15) is 0 Å². The van der Waals surface area contributed by atoms with Crippen molar-refractivity contribution in [1.82, 2.24) is 10.6 Å². The van der Waals surface area contributed by atoms with Crippen molar-refractivity contribution in [3.05, 3.63) is 69.7 Å². The van der Waals surface area contributed by atoms with Crippen LogP contribution in [-0.4, -0.2) is 17.9 Å². The fourth-order valence-corrected chi connectivity index (χ4v) is 3.03. The molecule has 0 aliphatic heterocycles. The molecule has 2 aromatic carbocycles. The third kappa shape index (κ3) is 5.76. The highest BCUT2D eigenvalue weighted by Gasteiger charge is 2.16. The lowest BCUT2D eigenvalue weighted by Gasteiger charge is -2.18. The Hall–Kier alpha value is -2.04. The van der Waals surface area contributed by atoms with Crippen molar-refractivity contribution in [2.45, 2.75) is 32.4 Å². The SMILES string of the molecule is CC(CC(=O)NC(C)c1ccc(Cl)cc1Cl)NC(=O)c1ccccc1. The van der Waals surface area contributed by atoms with E-state index in [1.54, 1.807) is 49.4 Å². The average molecular weight is 379 g/mol. The fourth-order valence-electron chi connectivity index (χ4n) is 2.46. The first-order chi connectivity index (χ1) is 11.9. The molecule has 0 spiro atoms. The van der Waals surface area contributed by atoms with E-state index >= 15 is 0 Å². The number of amides is 2. The van der Waals surface area contributed by atoms with E-state index in [4.69, 9.17) is 23.2 Å². The Morgan fingerprint density at radius 2 is 1.68 bits per heavy atom. The molecule has 2 atom stereocenters. The summed E-state index contributed by atoms with van der Waals surface area (Å²) in [5, 5.41) is 6.75. The van der Waals surface area contributed by atoms with Crippen molar-refractivity contribution in [2.75, 3.05) is 0 Å². The number of carbonyl (C=O) groups excluding carboxylic acids is 2. The van der Waals surface area contributed by atoms with Crippen molar-refractivity contribution in [3.63, 3.8) is 0 Å². The van der Waals surface area contributed by atoms with Gasteiger partial charge in [-0.05, 0) is 43.7 Å². The summed E-state index contributed by atoms with van der Waals surface area (Å²) >= 11 is 12.0. The van der Waals surface area contributed by atoms with Crippen LogP contribution in [0.4, 0.5) is 0 Å². The predicted octanol–water partition coefficient (Wildman–Crippen LogP) is 4.38. The summed E-state index contributed by atoms with van der Waals surface area (Å²) in [5.74, 6) is -0.367. The number of benzene rings is 2. The molecule has 0 radical (unpaired) electrons. The normalized spacial score (nSPS) is 13.0. The second-order valence-electron chi connectivity index (χ2n) is 5.90. The van der Waals surface area contributed by atoms with Gasteiger partial charge in [-0.1, -0.05) is 47.5 Å². The van der Waals surface area contributed by atoms with Crippen LogP contribution in [-0.2, 0) is 4.79 Å². The molecule has 6 heteroatoms. The Kier molecular flexibility index (Phi) is 6.85. The van der Waals surface area contributed by atoms with Crippen LogP contribution in [0.25, 0.3) is 0 Å². The van der Waals surface area contributed by atoms with Gasteiger partial charge in [0.1, 0.15) is 0 Å². The second kappa shape index (κ2) is 8.88. The number of hydrogen-bond donors (Lipinski definition) is 2. The Morgan fingerprint density at radius 3 is 2.32 bits per heavy atom. The molecule has 132 valence electrons. The molecule has 0 fully saturated rings. The van der Waals surface area contributed by atoms with Crippen molar-refractivity contribution in [3.8, 4) is 0 Å². The molecule has 25 heavy (non-hydrogen) atoms. The third-order valence-electron chi connectivity index (χ3n) is 3.71. The van der Waals surface area contributed by atoms with Gasteiger partial charge in [0.2, 0.25) is 5.91 Å². The minimum atomic E-state index is -0.291. The van der Waals surface area contributed by atoms with Crippen LogP contribution in [0, 0.1) is 0 Å². The first-order valence-corrected chi connectivity index (χ1v) is 8.72. The Morgan fingerprint density at radius 1 is 1.00 bits per heavy atom. The van der Waals surface area contributed by atoms with E-state index in [-0.39, 0.29) is 30.3 Å². The zero-order chi connectivity index (χ0) is 18.4. The quantitative estimate of drug-likeness (QED) is 0.783. The van der Waals surface area contributed by atoms with Crippen molar-refractivity contribution < 1.29 is 9.59 Å². The largest absolute Gasteiger partial charge is 0.349 e. The topological polar surface area (TPSA) is 58.2 Å². The van der Waals surface area contributed by atoms with Crippen LogP contribution in [0.15, 0.2) is 48.5 Å². The molecule has 2 aromatic rings. The molecule has 0 aliphatic carbocycles. The van der Waals surface area contributed by atoms with Gasteiger partial charge in [0.25, 0.3) is 5.91 Å². The van der Waals surface area contributed by atoms with E-state index < -0.39 is 0 Å². The van der Waals surface area contributed by atoms with E-state index in [9.17, 15) is 9.59 Å². The first-order valence-electron chi connectivity index (χ1n) is 7.97. The smallest absolute Gasteiger partial charge is 0.251 e. The van der Waals surface area contributed by atoms with Gasteiger partial charge in [-0.25, -0.2) is 0 Å². The summed E-state index contributed by atoms with van der Waals surface area (Å²) in [6.07, 6.45) is 0.175. The Balaban J connectivity index is 1.87. The molecular weight excluding hydrogens is 359 g/mol. The van der Waals surface area contributed by atoms with Crippen LogP contribution in [0.2, 0.25) is 10.0 Å². The van der Waals surface area contributed by atoms with E-state index in [2.05, 4.69) is 10.6 Å². The van der Waals surface area contributed by atoms with Crippen LogP contribution < -0.4 is 10.6 Å². The van der Waals surface area contributed by atoms with E-state index in [0.717, 1.165) is 5.56 Å². The molecule has 2 unspecified atom stereocenters. The molecule has 2 amide bonds. The maximum Gasteiger partial charge on any atom is 0.251 e. The van der Waals surface area contributed by atoms with Gasteiger partial charge in [-0.15, -0.1) is 0 Å². The number of nitrogens with one attached hydrogen (secondary N) is 2. The molecular formula is C19H20Cl2N2O2. The van der Waals surface area contributed by atoms with Gasteiger partial charge >= 0.3 is 0 Å². The highest BCUT2D eigenvalue weighted by Crippen LogP contribution is 2.26. The molecule has 0 aliphatic rings. The summed E-state index contributed by atoms with van der Waals surface area (Å²) in [7, 11) is 0. The summed E-state index contributed by atoms with van der Waals surface area (Å²) in [6, 6.07) is 13.5. The van der Waals surface area contributed by atoms with Crippen LogP contribution >= 0.6 is 23.2 Å². The minimum Gasteiger partial charge on any atom is -0.349 e. The monoisotopic (exact) mass is 378 g/mol.